The van der Waals surface area contributed by atoms with Crippen LogP contribution >= 0.6 is 0 Å². The van der Waals surface area contributed by atoms with Crippen molar-refractivity contribution < 1.29 is 28.0 Å². The summed E-state index contributed by atoms with van der Waals surface area (Å²) in [4.78, 5) is 8.84. The van der Waals surface area contributed by atoms with Crippen LogP contribution in [0.5, 0.6) is 0 Å². The summed E-state index contributed by atoms with van der Waals surface area (Å²) in [5, 5.41) is 0. The minimum absolute atomic E-state index is 0.852. The van der Waals surface area contributed by atoms with Gasteiger partial charge >= 0.3 is 32.3 Å². The summed E-state index contributed by atoms with van der Waals surface area (Å²) in [6, 6.07) is 0. The Kier molecular flexibility index (Phi) is 2.04. The molecule has 0 aliphatic carbocycles. The van der Waals surface area contributed by atoms with E-state index in [4.69, 9.17) is 11.7 Å². The number of hydrogen-bond acceptors (Lipinski definition) is 3. The third-order valence-electron chi connectivity index (χ3n) is 0.0630. The number of rotatable bonds is 0. The Morgan fingerprint density at radius 3 is 1.60 bits per heavy atom. The average Bonchev–Trinajstić information content (AvgIpc) is 1.38. The topological polar surface area (TPSA) is 51.2 Å². The second kappa shape index (κ2) is 2.10. The van der Waals surface area contributed by atoms with E-state index in [9.17, 15) is 0 Å². The van der Waals surface area contributed by atoms with E-state index >= 15 is 0 Å². The fourth-order valence-electron chi connectivity index (χ4n) is 0. The van der Waals surface area contributed by atoms with Crippen LogP contribution in [-0.2, 0) is 28.0 Å². The van der Waals surface area contributed by atoms with Gasteiger partial charge in [-0.2, -0.15) is 0 Å². The van der Waals surface area contributed by atoms with Crippen molar-refractivity contribution in [2.45, 2.75) is 0 Å². The van der Waals surface area contributed by atoms with Gasteiger partial charge < -0.3 is 0 Å². The molecule has 3 nitrogen and oxygen atoms in total. The molecule has 0 heterocycles. The summed E-state index contributed by atoms with van der Waals surface area (Å²) in [5.74, 6) is 0. The molecule has 0 aromatic heterocycles. The normalized spacial score (nSPS) is 5.60. The molecule has 4 heteroatoms. The van der Waals surface area contributed by atoms with E-state index in [1.165, 1.54) is 0 Å². The Balaban J connectivity index is 5.08. The van der Waals surface area contributed by atoms with Crippen molar-refractivity contribution in [3.05, 3.63) is 0 Å². The third-order valence-corrected chi connectivity index (χ3v) is 0.516. The molecule has 0 unspecified atom stereocenters. The molecular weight excluding hydrogens is 246 g/mol. The molecule has 0 aliphatic rings. The van der Waals surface area contributed by atoms with E-state index in [1.807, 2.05) is 0 Å². The van der Waals surface area contributed by atoms with Crippen LogP contribution in [-0.4, -0.2) is 4.35 Å². The van der Waals surface area contributed by atoms with Crippen molar-refractivity contribution in [2.24, 2.45) is 0 Å². The summed E-state index contributed by atoms with van der Waals surface area (Å²) in [6.07, 6.45) is 0. The summed E-state index contributed by atoms with van der Waals surface area (Å²) >= 11 is -3.80. The molecule has 0 saturated heterocycles. The molecule has 0 spiro atoms. The van der Waals surface area contributed by atoms with Crippen LogP contribution in [0.2, 0.25) is 0 Å². The van der Waals surface area contributed by atoms with Crippen molar-refractivity contribution in [1.82, 2.24) is 0 Å². The maximum atomic E-state index is 9.10. The first-order chi connectivity index (χ1) is 2.27. The molecule has 0 aromatic carbocycles. The zero-order chi connectivity index (χ0) is 4.28. The van der Waals surface area contributed by atoms with Gasteiger partial charge in [-0.25, -0.2) is 0 Å². The molecule has 0 aromatic rings. The molecular formula is CO3Re. The zero-order valence-corrected chi connectivity index (χ0v) is 4.82. The molecule has 0 fully saturated rings. The standard InChI is InChI=1S/CO.2O.Re/c1-2;;;. The molecule has 29 valence electrons. The van der Waals surface area contributed by atoms with Gasteiger partial charge in [0.25, 0.3) is 0 Å². The van der Waals surface area contributed by atoms with Gasteiger partial charge in [-0.1, -0.05) is 0 Å². The van der Waals surface area contributed by atoms with Crippen molar-refractivity contribution in [1.29, 1.82) is 0 Å². The van der Waals surface area contributed by atoms with Gasteiger partial charge in [-0.3, -0.25) is 0 Å². The molecule has 0 rings (SSSR count). The van der Waals surface area contributed by atoms with E-state index in [2.05, 4.69) is 0 Å². The van der Waals surface area contributed by atoms with Crippen LogP contribution < -0.4 is 0 Å². The van der Waals surface area contributed by atoms with Crippen LogP contribution in [0, 0.1) is 0 Å². The number of carbonyl (C=O) groups excluding carboxylic acids is 1. The Bertz CT molecular complexity index is 138. The predicted molar refractivity (Wildman–Crippen MR) is 7.07 cm³/mol. The van der Waals surface area contributed by atoms with Crippen LogP contribution in [0.4, 0.5) is 0 Å². The van der Waals surface area contributed by atoms with E-state index in [0.717, 1.165) is 4.35 Å². The van der Waals surface area contributed by atoms with E-state index < -0.39 is 16.2 Å². The first kappa shape index (κ1) is 4.84. The minimum atomic E-state index is -3.80. The van der Waals surface area contributed by atoms with Crippen LogP contribution in [0.3, 0.4) is 0 Å². The quantitative estimate of drug-likeness (QED) is 0.571. The average molecular weight is 246 g/mol. The van der Waals surface area contributed by atoms with Crippen molar-refractivity contribution in [3.8, 4) is 0 Å². The van der Waals surface area contributed by atoms with Gasteiger partial charge in [-0.05, 0) is 0 Å². The molecule has 0 saturated carbocycles. The van der Waals surface area contributed by atoms with Gasteiger partial charge in [0, 0.05) is 0 Å². The maximum absolute atomic E-state index is 9.10. The van der Waals surface area contributed by atoms with Crippen molar-refractivity contribution >= 4 is 4.35 Å². The van der Waals surface area contributed by atoms with Gasteiger partial charge in [0.1, 0.15) is 0 Å². The summed E-state index contributed by atoms with van der Waals surface area (Å²) < 4.78 is 19.1. The Hall–Kier alpha value is -0.158. The Morgan fingerprint density at radius 2 is 1.60 bits per heavy atom. The summed E-state index contributed by atoms with van der Waals surface area (Å²) in [7, 11) is 0. The van der Waals surface area contributed by atoms with Gasteiger partial charge in [0.2, 0.25) is 0 Å². The van der Waals surface area contributed by atoms with Gasteiger partial charge in [0.15, 0.2) is 0 Å². The van der Waals surface area contributed by atoms with Crippen LogP contribution in [0.1, 0.15) is 0 Å². The molecule has 0 N–H and O–H groups in total. The fraction of sp³-hybridized carbons (Fsp3) is 0. The molecule has 0 amide bonds. The first-order valence-corrected chi connectivity index (χ1v) is 4.28. The van der Waals surface area contributed by atoms with Crippen molar-refractivity contribution in [2.75, 3.05) is 0 Å². The molecule has 0 aliphatic heterocycles. The molecule has 5 heavy (non-hydrogen) atoms. The first-order valence-electron chi connectivity index (χ1n) is 0.702. The van der Waals surface area contributed by atoms with E-state index in [0.29, 0.717) is 0 Å². The van der Waals surface area contributed by atoms with Gasteiger partial charge in [-0.15, -0.1) is 0 Å². The van der Waals surface area contributed by atoms with Crippen LogP contribution in [0.25, 0.3) is 0 Å². The van der Waals surface area contributed by atoms with Crippen molar-refractivity contribution in [3.63, 3.8) is 0 Å². The second-order valence-electron chi connectivity index (χ2n) is 0.294. The number of hydrogen-bond donors (Lipinski definition) is 0. The molecule has 0 bridgehead atoms. The zero-order valence-electron chi connectivity index (χ0n) is 2.10. The SMILES string of the molecule is O=[C]=[Re](=[O])=[O]. The Morgan fingerprint density at radius 1 is 1.40 bits per heavy atom. The van der Waals surface area contributed by atoms with Gasteiger partial charge in [0.05, 0.1) is 0 Å². The second-order valence-corrected chi connectivity index (χ2v) is 2.41. The van der Waals surface area contributed by atoms with E-state index in [-0.39, 0.29) is 0 Å². The molecule has 0 atom stereocenters. The van der Waals surface area contributed by atoms with E-state index in [1.54, 1.807) is 0 Å². The molecule has 0 radical (unpaired) electrons. The van der Waals surface area contributed by atoms with Crippen LogP contribution in [0.15, 0.2) is 0 Å². The monoisotopic (exact) mass is 247 g/mol. The summed E-state index contributed by atoms with van der Waals surface area (Å²) in [6.45, 7) is 0. The summed E-state index contributed by atoms with van der Waals surface area (Å²) in [5.41, 5.74) is 0. The fourth-order valence-corrected chi connectivity index (χ4v) is 0. The predicted octanol–water partition coefficient (Wildman–Crippen LogP) is -0.637. The Labute approximate surface area is 33.0 Å². The third kappa shape index (κ3) is 3.84.